The van der Waals surface area contributed by atoms with Crippen LogP contribution in [0.1, 0.15) is 33.4 Å². The van der Waals surface area contributed by atoms with E-state index >= 15 is 0 Å². The van der Waals surface area contributed by atoms with Crippen LogP contribution in [0.2, 0.25) is 0 Å². The van der Waals surface area contributed by atoms with E-state index in [1.807, 2.05) is 0 Å². The van der Waals surface area contributed by atoms with Crippen LogP contribution in [0, 0.1) is 91.3 Å². The lowest BCUT2D eigenvalue weighted by atomic mass is 9.89. The summed E-state index contributed by atoms with van der Waals surface area (Å²) in [6, 6.07) is 12.9. The molecule has 0 amide bonds. The second-order valence-corrected chi connectivity index (χ2v) is 10.2. The lowest BCUT2D eigenvalue weighted by Crippen LogP contribution is -2.19. The summed E-state index contributed by atoms with van der Waals surface area (Å²) < 4.78 is 143. The van der Waals surface area contributed by atoms with E-state index in [-0.39, 0.29) is 22.3 Å². The van der Waals surface area contributed by atoms with Gasteiger partial charge in [0, 0.05) is 33.4 Å². The number of nitrogens with zero attached hydrogens (tertiary/aromatic N) is 6. The first-order valence-electron chi connectivity index (χ1n) is 13.5. The monoisotopic (exact) mass is 720 g/mol. The predicted octanol–water partition coefficient (Wildman–Crippen LogP) is 8.54. The van der Waals surface area contributed by atoms with Crippen molar-refractivity contribution in [2.75, 3.05) is 0 Å². The summed E-state index contributed by atoms with van der Waals surface area (Å²) in [7, 11) is 0. The van der Waals surface area contributed by atoms with Crippen molar-refractivity contribution in [1.29, 1.82) is 31.6 Å². The van der Waals surface area contributed by atoms with Crippen molar-refractivity contribution in [3.05, 3.63) is 104 Å². The van der Waals surface area contributed by atoms with Crippen LogP contribution in [0.5, 0.6) is 11.5 Å². The van der Waals surface area contributed by atoms with Gasteiger partial charge in [0.2, 0.25) is 11.5 Å². The van der Waals surface area contributed by atoms with Crippen LogP contribution in [-0.4, -0.2) is 12.7 Å². The van der Waals surface area contributed by atoms with E-state index < -0.39 is 103 Å². The molecule has 0 unspecified atom stereocenters. The van der Waals surface area contributed by atoms with Gasteiger partial charge in [-0.05, 0) is 58.7 Å². The molecule has 0 atom stereocenters. The van der Waals surface area contributed by atoms with Gasteiger partial charge in [0.25, 0.3) is 0 Å². The second kappa shape index (κ2) is 12.7. The molecule has 52 heavy (non-hydrogen) atoms. The number of hydrogen-bond donors (Lipinski definition) is 0. The zero-order chi connectivity index (χ0) is 38.4. The fraction of sp³-hybridized carbons (Fsp3) is 0.0588. The summed E-state index contributed by atoms with van der Waals surface area (Å²) in [5, 5.41) is 59.7. The molecule has 2 aliphatic carbocycles. The molecular weight excluding hydrogens is 714 g/mol. The summed E-state index contributed by atoms with van der Waals surface area (Å²) in [6.07, 6.45) is -11.1. The summed E-state index contributed by atoms with van der Waals surface area (Å²) in [5.74, 6) is -11.4. The molecule has 0 radical (unpaired) electrons. The number of fused-ring (bicyclic) bond motifs is 2. The van der Waals surface area contributed by atoms with Crippen molar-refractivity contribution in [2.45, 2.75) is 12.7 Å². The minimum atomic E-state index is -5.53. The van der Waals surface area contributed by atoms with Crippen LogP contribution in [0.3, 0.4) is 0 Å². The molecule has 0 saturated carbocycles. The molecule has 0 aliphatic heterocycles. The maximum absolute atomic E-state index is 14.9. The highest BCUT2D eigenvalue weighted by molar-refractivity contribution is 6.29. The van der Waals surface area contributed by atoms with Crippen LogP contribution in [0.25, 0.3) is 33.4 Å². The van der Waals surface area contributed by atoms with E-state index in [1.54, 1.807) is 12.1 Å². The second-order valence-electron chi connectivity index (χ2n) is 10.2. The van der Waals surface area contributed by atoms with E-state index in [4.69, 9.17) is 0 Å². The van der Waals surface area contributed by atoms with Gasteiger partial charge in [-0.2, -0.15) is 31.6 Å². The molecule has 8 nitrogen and oxygen atoms in total. The lowest BCUT2D eigenvalue weighted by Gasteiger charge is -2.14. The summed E-state index contributed by atoms with van der Waals surface area (Å²) >= 11 is 0. The molecule has 3 aromatic rings. The van der Waals surface area contributed by atoms with Gasteiger partial charge in [-0.3, -0.25) is 0 Å². The normalized spacial score (nSPS) is 13.2. The van der Waals surface area contributed by atoms with E-state index in [0.29, 0.717) is 24.3 Å². The highest BCUT2D eigenvalue weighted by Crippen LogP contribution is 2.55. The third-order valence-corrected chi connectivity index (χ3v) is 7.42. The maximum atomic E-state index is 14.9. The summed E-state index contributed by atoms with van der Waals surface area (Å²) in [5.41, 5.74) is -7.29. The van der Waals surface area contributed by atoms with E-state index in [9.17, 15) is 75.5 Å². The number of benzene rings is 3. The quantitative estimate of drug-likeness (QED) is 0.191. The van der Waals surface area contributed by atoms with Crippen molar-refractivity contribution in [1.82, 2.24) is 0 Å². The molecule has 0 saturated heterocycles. The first kappa shape index (κ1) is 35.8. The minimum absolute atomic E-state index is 0.263. The Kier molecular flexibility index (Phi) is 8.75. The van der Waals surface area contributed by atoms with Crippen LogP contribution in [0.4, 0.5) is 43.9 Å². The maximum Gasteiger partial charge on any atom is 0.573 e. The molecule has 18 heteroatoms. The largest absolute Gasteiger partial charge is 0.573 e. The summed E-state index contributed by atoms with van der Waals surface area (Å²) in [4.78, 5) is 0. The first-order chi connectivity index (χ1) is 24.4. The zero-order valence-corrected chi connectivity index (χ0v) is 24.7. The standard InChI is InChI=1S/C34H6F10N6O2/c35-23-1-13(2-24(36)31(23)51-33(39,40)41)27-21(11-49)17-5-18-20(6-19(17)29(27)15(7-45)8-46)30(16(9-47)10-48)28(22(18)12-50)14-3-25(37)32(26(38)4-14)52-34(42,43)44/h1-6H. The Bertz CT molecular complexity index is 2300. The van der Waals surface area contributed by atoms with Crippen LogP contribution in [-0.2, 0) is 0 Å². The molecule has 2 aliphatic rings. The van der Waals surface area contributed by atoms with Crippen molar-refractivity contribution < 1.29 is 53.4 Å². The van der Waals surface area contributed by atoms with Gasteiger partial charge in [-0.15, -0.1) is 26.3 Å². The molecule has 254 valence electrons. The van der Waals surface area contributed by atoms with Gasteiger partial charge in [0.1, 0.15) is 47.6 Å². The van der Waals surface area contributed by atoms with Gasteiger partial charge < -0.3 is 9.47 Å². The Balaban J connectivity index is 1.87. The van der Waals surface area contributed by atoms with Crippen LogP contribution >= 0.6 is 0 Å². The van der Waals surface area contributed by atoms with E-state index in [2.05, 4.69) is 9.47 Å². The van der Waals surface area contributed by atoms with Crippen molar-refractivity contribution in [3.8, 4) is 47.9 Å². The third kappa shape index (κ3) is 5.98. The van der Waals surface area contributed by atoms with Gasteiger partial charge in [-0.1, -0.05) is 0 Å². The molecule has 5 rings (SSSR count). The topological polar surface area (TPSA) is 161 Å². The molecule has 0 bridgehead atoms. The fourth-order valence-corrected chi connectivity index (χ4v) is 5.65. The minimum Gasteiger partial charge on any atom is -0.399 e. The number of nitriles is 6. The number of rotatable bonds is 4. The number of hydrogen-bond acceptors (Lipinski definition) is 8. The number of ether oxygens (including phenoxy) is 2. The Labute approximate surface area is 283 Å². The highest BCUT2D eigenvalue weighted by atomic mass is 19.4. The lowest BCUT2D eigenvalue weighted by molar-refractivity contribution is -0.277. The molecule has 3 aromatic carbocycles. The zero-order valence-electron chi connectivity index (χ0n) is 24.7. The van der Waals surface area contributed by atoms with Gasteiger partial charge in [0.05, 0.1) is 11.1 Å². The average molecular weight is 720 g/mol. The van der Waals surface area contributed by atoms with Gasteiger partial charge in [-0.25, -0.2) is 17.6 Å². The van der Waals surface area contributed by atoms with E-state index in [1.165, 1.54) is 24.3 Å². The predicted molar refractivity (Wildman–Crippen MR) is 154 cm³/mol. The van der Waals surface area contributed by atoms with Crippen molar-refractivity contribution in [2.24, 2.45) is 0 Å². The average Bonchev–Trinajstić information content (AvgIpc) is 3.55. The van der Waals surface area contributed by atoms with Crippen molar-refractivity contribution in [3.63, 3.8) is 0 Å². The van der Waals surface area contributed by atoms with Crippen LogP contribution < -0.4 is 9.47 Å². The van der Waals surface area contributed by atoms with Gasteiger partial charge >= 0.3 is 12.7 Å². The van der Waals surface area contributed by atoms with E-state index in [0.717, 1.165) is 12.1 Å². The molecule has 0 fully saturated rings. The third-order valence-electron chi connectivity index (χ3n) is 7.42. The molecule has 0 N–H and O–H groups in total. The summed E-state index contributed by atoms with van der Waals surface area (Å²) in [6.45, 7) is 0. The first-order valence-corrected chi connectivity index (χ1v) is 13.5. The Morgan fingerprint density at radius 1 is 0.462 bits per heavy atom. The highest BCUT2D eigenvalue weighted by Gasteiger charge is 2.40. The number of halogens is 10. The number of alkyl halides is 6. The Hall–Kier alpha value is -7.54. The molecule has 0 aromatic heterocycles. The molecular formula is C34H6F10N6O2. The molecule has 0 spiro atoms. The SMILES string of the molecule is N#CC(C#N)=C1C(c2cc(F)c(OC(F)(F)F)c(F)c2)=C(C#N)c2cc3c(cc21)C(=C(C#N)C#N)C(c1cc(F)c(OC(F)(F)F)c(F)c1)=C3C#N. The Morgan fingerprint density at radius 2 is 0.750 bits per heavy atom. The van der Waals surface area contributed by atoms with Gasteiger partial charge in [0.15, 0.2) is 23.3 Å². The van der Waals surface area contributed by atoms with Crippen molar-refractivity contribution >= 4 is 33.4 Å². The fourth-order valence-electron chi connectivity index (χ4n) is 5.65. The Morgan fingerprint density at radius 3 is 1.00 bits per heavy atom. The van der Waals surface area contributed by atoms with Crippen LogP contribution in [0.15, 0.2) is 47.5 Å². The smallest absolute Gasteiger partial charge is 0.399 e. The molecule has 0 heterocycles. The number of allylic oxidation sites excluding steroid dienone is 8.